The van der Waals surface area contributed by atoms with Crippen molar-refractivity contribution in [2.24, 2.45) is 4.99 Å². The number of fused-ring (bicyclic) bond motifs is 3. The molecule has 0 amide bonds. The van der Waals surface area contributed by atoms with E-state index in [9.17, 15) is 0 Å². The SMILES string of the molecule is COc1ccc(C)c(C2=NC=CN3CCc4c(OC)cccc4C3=C2)c1. The lowest BCUT2D eigenvalue weighted by molar-refractivity contribution is 0.403. The maximum atomic E-state index is 5.57. The zero-order valence-corrected chi connectivity index (χ0v) is 15.3. The van der Waals surface area contributed by atoms with Crippen molar-refractivity contribution < 1.29 is 9.47 Å². The van der Waals surface area contributed by atoms with Crippen LogP contribution in [0, 0.1) is 6.92 Å². The smallest absolute Gasteiger partial charge is 0.122 e. The number of ether oxygens (including phenoxy) is 2. The molecule has 2 aromatic carbocycles. The van der Waals surface area contributed by atoms with Crippen molar-refractivity contribution in [1.29, 1.82) is 0 Å². The Morgan fingerprint density at radius 2 is 1.92 bits per heavy atom. The van der Waals surface area contributed by atoms with Crippen molar-refractivity contribution in [3.63, 3.8) is 0 Å². The van der Waals surface area contributed by atoms with Crippen LogP contribution in [0.2, 0.25) is 0 Å². The van der Waals surface area contributed by atoms with E-state index in [0.29, 0.717) is 0 Å². The number of aliphatic imine (C=N–C) groups is 1. The van der Waals surface area contributed by atoms with Gasteiger partial charge in [-0.25, -0.2) is 0 Å². The molecule has 2 heterocycles. The second-order valence-corrected chi connectivity index (χ2v) is 6.45. The topological polar surface area (TPSA) is 34.1 Å². The lowest BCUT2D eigenvalue weighted by Crippen LogP contribution is -2.25. The Balaban J connectivity index is 1.85. The lowest BCUT2D eigenvalue weighted by Gasteiger charge is -2.31. The van der Waals surface area contributed by atoms with Gasteiger partial charge in [-0.3, -0.25) is 4.99 Å². The van der Waals surface area contributed by atoms with Crippen LogP contribution >= 0.6 is 0 Å². The van der Waals surface area contributed by atoms with Crippen molar-refractivity contribution in [1.82, 2.24) is 4.90 Å². The van der Waals surface area contributed by atoms with E-state index in [-0.39, 0.29) is 0 Å². The van der Waals surface area contributed by atoms with E-state index >= 15 is 0 Å². The molecule has 0 N–H and O–H groups in total. The molecule has 0 unspecified atom stereocenters. The summed E-state index contributed by atoms with van der Waals surface area (Å²) in [5.41, 5.74) is 6.80. The number of aryl methyl sites for hydroxylation is 1. The van der Waals surface area contributed by atoms with Crippen LogP contribution in [0.3, 0.4) is 0 Å². The van der Waals surface area contributed by atoms with E-state index in [4.69, 9.17) is 14.5 Å². The van der Waals surface area contributed by atoms with Gasteiger partial charge in [-0.15, -0.1) is 0 Å². The summed E-state index contributed by atoms with van der Waals surface area (Å²) in [4.78, 5) is 6.96. The van der Waals surface area contributed by atoms with Gasteiger partial charge in [0, 0.05) is 35.6 Å². The predicted molar refractivity (Wildman–Crippen MR) is 105 cm³/mol. The summed E-state index contributed by atoms with van der Waals surface area (Å²) >= 11 is 0. The third-order valence-electron chi connectivity index (χ3n) is 5.00. The molecule has 0 aromatic heterocycles. The third kappa shape index (κ3) is 2.77. The van der Waals surface area contributed by atoms with Gasteiger partial charge < -0.3 is 14.4 Å². The van der Waals surface area contributed by atoms with Crippen LogP contribution in [0.4, 0.5) is 0 Å². The summed E-state index contributed by atoms with van der Waals surface area (Å²) in [6.45, 7) is 3.01. The van der Waals surface area contributed by atoms with Gasteiger partial charge in [-0.2, -0.15) is 0 Å². The summed E-state index contributed by atoms with van der Waals surface area (Å²) in [6, 6.07) is 12.3. The van der Waals surface area contributed by atoms with Crippen LogP contribution < -0.4 is 9.47 Å². The fraction of sp³-hybridized carbons (Fsp3) is 0.227. The highest BCUT2D eigenvalue weighted by molar-refractivity contribution is 6.13. The first-order valence-corrected chi connectivity index (χ1v) is 8.75. The number of benzene rings is 2. The highest BCUT2D eigenvalue weighted by atomic mass is 16.5. The van der Waals surface area contributed by atoms with Crippen LogP contribution in [-0.2, 0) is 6.42 Å². The molecule has 0 bridgehead atoms. The van der Waals surface area contributed by atoms with E-state index in [1.54, 1.807) is 14.2 Å². The average Bonchev–Trinajstić information content (AvgIpc) is 2.90. The summed E-state index contributed by atoms with van der Waals surface area (Å²) in [5, 5.41) is 0. The highest BCUT2D eigenvalue weighted by Crippen LogP contribution is 2.35. The lowest BCUT2D eigenvalue weighted by atomic mass is 9.93. The van der Waals surface area contributed by atoms with Gasteiger partial charge >= 0.3 is 0 Å². The molecule has 0 radical (unpaired) electrons. The molecule has 0 aliphatic carbocycles. The Bertz CT molecular complexity index is 941. The fourth-order valence-corrected chi connectivity index (χ4v) is 3.59. The highest BCUT2D eigenvalue weighted by Gasteiger charge is 2.24. The molecule has 26 heavy (non-hydrogen) atoms. The Labute approximate surface area is 154 Å². The molecule has 0 saturated carbocycles. The molecule has 2 aliphatic heterocycles. The average molecular weight is 346 g/mol. The zero-order chi connectivity index (χ0) is 18.1. The molecule has 4 heteroatoms. The van der Waals surface area contributed by atoms with Crippen LogP contribution in [0.1, 0.15) is 22.3 Å². The van der Waals surface area contributed by atoms with Gasteiger partial charge in [0.25, 0.3) is 0 Å². The third-order valence-corrected chi connectivity index (χ3v) is 5.00. The molecular weight excluding hydrogens is 324 g/mol. The summed E-state index contributed by atoms with van der Waals surface area (Å²) in [5.74, 6) is 1.79. The van der Waals surface area contributed by atoms with E-state index in [1.807, 2.05) is 30.5 Å². The zero-order valence-electron chi connectivity index (χ0n) is 15.3. The first kappa shape index (κ1) is 16.5. The van der Waals surface area contributed by atoms with Crippen molar-refractivity contribution >= 4 is 11.4 Å². The van der Waals surface area contributed by atoms with Crippen LogP contribution in [-0.4, -0.2) is 31.4 Å². The molecule has 0 fully saturated rings. The van der Waals surface area contributed by atoms with Crippen LogP contribution in [0.5, 0.6) is 11.5 Å². The number of hydrogen-bond donors (Lipinski definition) is 0. The monoisotopic (exact) mass is 346 g/mol. The molecule has 2 aromatic rings. The maximum absolute atomic E-state index is 5.57. The van der Waals surface area contributed by atoms with Crippen molar-refractivity contribution in [3.05, 3.63) is 77.1 Å². The number of hydrogen-bond acceptors (Lipinski definition) is 4. The fourth-order valence-electron chi connectivity index (χ4n) is 3.59. The van der Waals surface area contributed by atoms with Gasteiger partial charge in [-0.1, -0.05) is 18.2 Å². The van der Waals surface area contributed by atoms with E-state index in [2.05, 4.69) is 36.2 Å². The standard InChI is InChI=1S/C22H22N2O2/c1-15-7-8-16(25-2)13-19(15)20-14-21-17-5-4-6-22(26-3)18(17)9-11-24(21)12-10-23-20/h4-8,10,12-14H,9,11H2,1-3H3. The van der Waals surface area contributed by atoms with Crippen molar-refractivity contribution in [2.75, 3.05) is 20.8 Å². The molecule has 0 spiro atoms. The van der Waals surface area contributed by atoms with Gasteiger partial charge in [0.2, 0.25) is 0 Å². The Hall–Kier alpha value is -3.01. The predicted octanol–water partition coefficient (Wildman–Crippen LogP) is 4.19. The van der Waals surface area contributed by atoms with Gasteiger partial charge in [0.15, 0.2) is 0 Å². The molecule has 0 saturated heterocycles. The largest absolute Gasteiger partial charge is 0.497 e. The van der Waals surface area contributed by atoms with Crippen LogP contribution in [0.25, 0.3) is 5.70 Å². The summed E-state index contributed by atoms with van der Waals surface area (Å²) in [6.07, 6.45) is 7.05. The summed E-state index contributed by atoms with van der Waals surface area (Å²) < 4.78 is 11.0. The van der Waals surface area contributed by atoms with Crippen molar-refractivity contribution in [2.45, 2.75) is 13.3 Å². The second-order valence-electron chi connectivity index (χ2n) is 6.45. The Morgan fingerprint density at radius 1 is 1.04 bits per heavy atom. The molecule has 0 atom stereocenters. The first-order chi connectivity index (χ1) is 12.7. The van der Waals surface area contributed by atoms with Crippen LogP contribution in [0.15, 0.2) is 59.9 Å². The van der Waals surface area contributed by atoms with E-state index in [1.165, 1.54) is 16.7 Å². The molecule has 132 valence electrons. The normalized spacial score (nSPS) is 15.4. The summed E-state index contributed by atoms with van der Waals surface area (Å²) in [7, 11) is 3.42. The van der Waals surface area contributed by atoms with Gasteiger partial charge in [0.1, 0.15) is 11.5 Å². The number of rotatable bonds is 3. The molecular formula is C22H22N2O2. The van der Waals surface area contributed by atoms with Crippen molar-refractivity contribution in [3.8, 4) is 11.5 Å². The minimum atomic E-state index is 0.836. The number of allylic oxidation sites excluding steroid dienone is 1. The maximum Gasteiger partial charge on any atom is 0.122 e. The minimum Gasteiger partial charge on any atom is -0.497 e. The number of nitrogens with zero attached hydrogens (tertiary/aromatic N) is 2. The first-order valence-electron chi connectivity index (χ1n) is 8.75. The minimum absolute atomic E-state index is 0.836. The Morgan fingerprint density at radius 3 is 2.73 bits per heavy atom. The number of methoxy groups -OCH3 is 2. The van der Waals surface area contributed by atoms with Gasteiger partial charge in [-0.05, 0) is 43.2 Å². The molecule has 2 aliphatic rings. The van der Waals surface area contributed by atoms with E-state index in [0.717, 1.165) is 41.4 Å². The molecule has 4 nitrogen and oxygen atoms in total. The van der Waals surface area contributed by atoms with E-state index < -0.39 is 0 Å². The molecule has 4 rings (SSSR count). The Kier molecular flexibility index (Phi) is 4.25. The van der Waals surface area contributed by atoms with Gasteiger partial charge in [0.05, 0.1) is 25.6 Å². The quantitative estimate of drug-likeness (QED) is 0.836. The second kappa shape index (κ2) is 6.71.